The molecule has 1 fully saturated rings. The van der Waals surface area contributed by atoms with Crippen molar-refractivity contribution in [1.82, 2.24) is 0 Å². The topological polar surface area (TPSA) is 9.23 Å². The molecule has 0 saturated heterocycles. The zero-order valence-corrected chi connectivity index (χ0v) is 10.6. The van der Waals surface area contributed by atoms with Crippen molar-refractivity contribution in [2.24, 2.45) is 0 Å². The first-order valence-electron chi connectivity index (χ1n) is 6.24. The van der Waals surface area contributed by atoms with Gasteiger partial charge in [0.2, 0.25) is 0 Å². The first-order valence-corrected chi connectivity index (χ1v) is 6.62. The third-order valence-corrected chi connectivity index (χ3v) is 3.41. The second-order valence-corrected chi connectivity index (χ2v) is 4.96. The van der Waals surface area contributed by atoms with Crippen molar-refractivity contribution < 1.29 is 4.74 Å². The second-order valence-electron chi connectivity index (χ2n) is 4.53. The highest BCUT2D eigenvalue weighted by molar-refractivity contribution is 6.30. The molecule has 0 aromatic heterocycles. The SMILES string of the molecule is CCc1cc(Cl)cc(OC2CCCCC2)c1. The summed E-state index contributed by atoms with van der Waals surface area (Å²) in [7, 11) is 0. The predicted octanol–water partition coefficient (Wildman–Crippen LogP) is 4.61. The van der Waals surface area contributed by atoms with Gasteiger partial charge in [-0.25, -0.2) is 0 Å². The summed E-state index contributed by atoms with van der Waals surface area (Å²) in [6, 6.07) is 6.05. The van der Waals surface area contributed by atoms with Gasteiger partial charge >= 0.3 is 0 Å². The van der Waals surface area contributed by atoms with Crippen LogP contribution in [0.2, 0.25) is 5.02 Å². The Morgan fingerprint density at radius 2 is 1.94 bits per heavy atom. The summed E-state index contributed by atoms with van der Waals surface area (Å²) in [5.74, 6) is 0.941. The normalized spacial score (nSPS) is 17.4. The highest BCUT2D eigenvalue weighted by Crippen LogP contribution is 2.26. The van der Waals surface area contributed by atoms with Crippen LogP contribution in [0.3, 0.4) is 0 Å². The minimum atomic E-state index is 0.400. The maximum Gasteiger partial charge on any atom is 0.121 e. The molecule has 1 aromatic carbocycles. The molecule has 16 heavy (non-hydrogen) atoms. The zero-order valence-electron chi connectivity index (χ0n) is 9.84. The van der Waals surface area contributed by atoms with Crippen LogP contribution in [0, 0.1) is 0 Å². The third-order valence-electron chi connectivity index (χ3n) is 3.19. The number of rotatable bonds is 3. The first kappa shape index (κ1) is 11.8. The highest BCUT2D eigenvalue weighted by Gasteiger charge is 2.15. The molecule has 0 amide bonds. The van der Waals surface area contributed by atoms with Gasteiger partial charge in [-0.15, -0.1) is 0 Å². The fourth-order valence-electron chi connectivity index (χ4n) is 2.27. The summed E-state index contributed by atoms with van der Waals surface area (Å²) in [6.07, 6.45) is 7.73. The average Bonchev–Trinajstić information content (AvgIpc) is 2.29. The lowest BCUT2D eigenvalue weighted by Crippen LogP contribution is -2.19. The summed E-state index contributed by atoms with van der Waals surface area (Å²) < 4.78 is 5.99. The number of halogens is 1. The Balaban J connectivity index is 2.04. The lowest BCUT2D eigenvalue weighted by molar-refractivity contribution is 0.155. The minimum Gasteiger partial charge on any atom is -0.490 e. The molecular weight excluding hydrogens is 220 g/mol. The Morgan fingerprint density at radius 3 is 2.62 bits per heavy atom. The van der Waals surface area contributed by atoms with E-state index in [1.165, 1.54) is 37.7 Å². The molecule has 0 atom stereocenters. The van der Waals surface area contributed by atoms with Gasteiger partial charge in [0.1, 0.15) is 5.75 Å². The molecule has 2 rings (SSSR count). The molecule has 1 saturated carbocycles. The van der Waals surface area contributed by atoms with Crippen LogP contribution >= 0.6 is 11.6 Å². The van der Waals surface area contributed by atoms with Gasteiger partial charge in [-0.2, -0.15) is 0 Å². The van der Waals surface area contributed by atoms with E-state index in [1.54, 1.807) is 0 Å². The summed E-state index contributed by atoms with van der Waals surface area (Å²) in [4.78, 5) is 0. The largest absolute Gasteiger partial charge is 0.490 e. The maximum atomic E-state index is 6.07. The summed E-state index contributed by atoms with van der Waals surface area (Å²) in [5, 5.41) is 0.783. The van der Waals surface area contributed by atoms with E-state index in [0.29, 0.717) is 6.10 Å². The summed E-state index contributed by atoms with van der Waals surface area (Å²) in [6.45, 7) is 2.13. The average molecular weight is 239 g/mol. The van der Waals surface area contributed by atoms with E-state index < -0.39 is 0 Å². The van der Waals surface area contributed by atoms with E-state index in [-0.39, 0.29) is 0 Å². The van der Waals surface area contributed by atoms with E-state index in [9.17, 15) is 0 Å². The molecule has 88 valence electrons. The monoisotopic (exact) mass is 238 g/mol. The molecule has 0 unspecified atom stereocenters. The van der Waals surface area contributed by atoms with Gasteiger partial charge in [0.05, 0.1) is 6.10 Å². The van der Waals surface area contributed by atoms with E-state index in [0.717, 1.165) is 17.2 Å². The molecular formula is C14H19ClO. The number of aryl methyl sites for hydroxylation is 1. The van der Waals surface area contributed by atoms with Gasteiger partial charge in [-0.05, 0) is 55.9 Å². The summed E-state index contributed by atoms with van der Waals surface area (Å²) >= 11 is 6.07. The summed E-state index contributed by atoms with van der Waals surface area (Å²) in [5.41, 5.74) is 1.25. The van der Waals surface area contributed by atoms with Gasteiger partial charge < -0.3 is 4.74 Å². The smallest absolute Gasteiger partial charge is 0.121 e. The molecule has 1 aromatic rings. The van der Waals surface area contributed by atoms with Crippen molar-refractivity contribution in [3.8, 4) is 5.75 Å². The van der Waals surface area contributed by atoms with E-state index >= 15 is 0 Å². The van der Waals surface area contributed by atoms with Crippen LogP contribution in [0.15, 0.2) is 18.2 Å². The molecule has 0 heterocycles. The Bertz CT molecular complexity index is 343. The fourth-order valence-corrected chi connectivity index (χ4v) is 2.52. The quantitative estimate of drug-likeness (QED) is 0.747. The van der Waals surface area contributed by atoms with Crippen molar-refractivity contribution in [2.45, 2.75) is 51.6 Å². The van der Waals surface area contributed by atoms with Gasteiger partial charge in [-0.1, -0.05) is 24.9 Å². The fraction of sp³-hybridized carbons (Fsp3) is 0.571. The molecule has 0 bridgehead atoms. The minimum absolute atomic E-state index is 0.400. The van der Waals surface area contributed by atoms with Gasteiger partial charge in [-0.3, -0.25) is 0 Å². The van der Waals surface area contributed by atoms with Crippen LogP contribution in [0.1, 0.15) is 44.6 Å². The first-order chi connectivity index (χ1) is 7.78. The maximum absolute atomic E-state index is 6.07. The van der Waals surface area contributed by atoms with Crippen LogP contribution < -0.4 is 4.74 Å². The Kier molecular flexibility index (Phi) is 4.11. The van der Waals surface area contributed by atoms with Crippen molar-refractivity contribution >= 4 is 11.6 Å². The standard InChI is InChI=1S/C14H19ClO/c1-2-11-8-12(15)10-14(9-11)16-13-6-4-3-5-7-13/h8-10,13H,2-7H2,1H3. The predicted molar refractivity (Wildman–Crippen MR) is 68.3 cm³/mol. The van der Waals surface area contributed by atoms with Crippen molar-refractivity contribution in [2.75, 3.05) is 0 Å². The molecule has 0 N–H and O–H groups in total. The van der Waals surface area contributed by atoms with Crippen molar-refractivity contribution in [3.05, 3.63) is 28.8 Å². The van der Waals surface area contributed by atoms with Gasteiger partial charge in [0.15, 0.2) is 0 Å². The number of benzene rings is 1. The van der Waals surface area contributed by atoms with E-state index in [2.05, 4.69) is 13.0 Å². The Labute approximate surface area is 103 Å². The van der Waals surface area contributed by atoms with Crippen molar-refractivity contribution in [3.63, 3.8) is 0 Å². The van der Waals surface area contributed by atoms with E-state index in [4.69, 9.17) is 16.3 Å². The Morgan fingerprint density at radius 1 is 1.19 bits per heavy atom. The molecule has 2 heteroatoms. The van der Waals surface area contributed by atoms with Crippen molar-refractivity contribution in [1.29, 1.82) is 0 Å². The van der Waals surface area contributed by atoms with Crippen LogP contribution in [-0.2, 0) is 6.42 Å². The molecule has 0 aliphatic heterocycles. The number of hydrogen-bond donors (Lipinski definition) is 0. The van der Waals surface area contributed by atoms with E-state index in [1.807, 2.05) is 12.1 Å². The molecule has 1 nitrogen and oxygen atoms in total. The van der Waals surface area contributed by atoms with Crippen LogP contribution in [0.4, 0.5) is 0 Å². The number of ether oxygens (including phenoxy) is 1. The molecule has 0 spiro atoms. The molecule has 1 aliphatic carbocycles. The molecule has 0 radical (unpaired) electrons. The zero-order chi connectivity index (χ0) is 11.4. The molecule has 1 aliphatic rings. The highest BCUT2D eigenvalue weighted by atomic mass is 35.5. The Hall–Kier alpha value is -0.690. The second kappa shape index (κ2) is 5.58. The number of hydrogen-bond acceptors (Lipinski definition) is 1. The van der Waals surface area contributed by atoms with Gasteiger partial charge in [0, 0.05) is 5.02 Å². The van der Waals surface area contributed by atoms with Gasteiger partial charge in [0.25, 0.3) is 0 Å². The van der Waals surface area contributed by atoms with Crippen LogP contribution in [-0.4, -0.2) is 6.10 Å². The lowest BCUT2D eigenvalue weighted by Gasteiger charge is -2.23. The lowest BCUT2D eigenvalue weighted by atomic mass is 9.98. The van der Waals surface area contributed by atoms with Crippen LogP contribution in [0.25, 0.3) is 0 Å². The third kappa shape index (κ3) is 3.15. The van der Waals surface area contributed by atoms with Crippen LogP contribution in [0.5, 0.6) is 5.75 Å².